The monoisotopic (exact) mass is 365 g/mol. The summed E-state index contributed by atoms with van der Waals surface area (Å²) in [5.41, 5.74) is 1.58. The Labute approximate surface area is 155 Å². The molecule has 0 amide bonds. The van der Waals surface area contributed by atoms with Gasteiger partial charge in [0.2, 0.25) is 0 Å². The van der Waals surface area contributed by atoms with Gasteiger partial charge in [-0.1, -0.05) is 44.2 Å². The minimum Gasteiger partial charge on any atom is -0.460 e. The average Bonchev–Trinajstić information content (AvgIpc) is 3.26. The van der Waals surface area contributed by atoms with E-state index in [4.69, 9.17) is 9.15 Å². The van der Waals surface area contributed by atoms with Crippen molar-refractivity contribution in [1.29, 1.82) is 0 Å². The fraction of sp³-hybridized carbons (Fsp3) is 0.238. The first-order chi connectivity index (χ1) is 12.6. The lowest BCUT2D eigenvalue weighted by Crippen LogP contribution is -2.07. The van der Waals surface area contributed by atoms with Crippen LogP contribution in [0.25, 0.3) is 21.7 Å². The minimum absolute atomic E-state index is 0.115. The lowest BCUT2D eigenvalue weighted by Gasteiger charge is -2.01. The second kappa shape index (κ2) is 6.92. The van der Waals surface area contributed by atoms with Gasteiger partial charge in [0, 0.05) is 16.7 Å². The lowest BCUT2D eigenvalue weighted by atomic mass is 10.1. The number of nitrogens with zero attached hydrogens (tertiary/aromatic N) is 1. The quantitative estimate of drug-likeness (QED) is 0.441. The topological polar surface area (TPSA) is 52.3 Å². The molecule has 2 heterocycles. The Kier molecular flexibility index (Phi) is 4.47. The number of benzene rings is 2. The first kappa shape index (κ1) is 16.8. The first-order valence-corrected chi connectivity index (χ1v) is 9.48. The number of hydrogen-bond donors (Lipinski definition) is 0. The molecule has 26 heavy (non-hydrogen) atoms. The van der Waals surface area contributed by atoms with Crippen LogP contribution in [-0.2, 0) is 22.6 Å². The number of esters is 1. The summed E-state index contributed by atoms with van der Waals surface area (Å²) < 4.78 is 11.2. The van der Waals surface area contributed by atoms with E-state index >= 15 is 0 Å². The molecule has 4 nitrogen and oxygen atoms in total. The Bertz CT molecular complexity index is 1080. The van der Waals surface area contributed by atoms with Gasteiger partial charge in [-0.25, -0.2) is 4.98 Å². The molecule has 2 aromatic carbocycles. The average molecular weight is 365 g/mol. The van der Waals surface area contributed by atoms with Crippen LogP contribution < -0.4 is 0 Å². The number of furan rings is 1. The van der Waals surface area contributed by atoms with Gasteiger partial charge < -0.3 is 9.15 Å². The molecule has 0 unspecified atom stereocenters. The zero-order chi connectivity index (χ0) is 18.1. The molecule has 0 N–H and O–H groups in total. The highest BCUT2D eigenvalue weighted by atomic mass is 32.1. The van der Waals surface area contributed by atoms with Gasteiger partial charge in [-0.2, -0.15) is 0 Å². The summed E-state index contributed by atoms with van der Waals surface area (Å²) in [5, 5.41) is 6.29. The Balaban J connectivity index is 1.46. The van der Waals surface area contributed by atoms with E-state index < -0.39 is 0 Å². The zero-order valence-electron chi connectivity index (χ0n) is 14.7. The first-order valence-electron chi connectivity index (χ1n) is 8.60. The maximum atomic E-state index is 12.2. The van der Waals surface area contributed by atoms with Crippen LogP contribution in [0.3, 0.4) is 0 Å². The molecule has 0 fully saturated rings. The summed E-state index contributed by atoms with van der Waals surface area (Å²) in [4.78, 5) is 16.6. The second-order valence-corrected chi connectivity index (χ2v) is 7.47. The molecule has 2 aromatic heterocycles. The van der Waals surface area contributed by atoms with Crippen molar-refractivity contribution >= 4 is 39.0 Å². The predicted molar refractivity (Wildman–Crippen MR) is 103 cm³/mol. The fourth-order valence-electron chi connectivity index (χ4n) is 2.93. The molecule has 0 aliphatic rings. The van der Waals surface area contributed by atoms with Crippen molar-refractivity contribution in [2.45, 2.75) is 32.8 Å². The van der Waals surface area contributed by atoms with Crippen LogP contribution in [0.5, 0.6) is 0 Å². The van der Waals surface area contributed by atoms with Crippen LogP contribution >= 0.6 is 11.3 Å². The van der Waals surface area contributed by atoms with Crippen molar-refractivity contribution in [3.8, 4) is 0 Å². The van der Waals surface area contributed by atoms with E-state index in [0.717, 1.165) is 32.4 Å². The molecule has 0 aliphatic heterocycles. The molecule has 0 spiro atoms. The summed E-state index contributed by atoms with van der Waals surface area (Å²) in [7, 11) is 0. The van der Waals surface area contributed by atoms with Gasteiger partial charge in [-0.05, 0) is 22.9 Å². The highest BCUT2D eigenvalue weighted by Crippen LogP contribution is 2.28. The largest absolute Gasteiger partial charge is 0.460 e. The molecule has 0 aliphatic carbocycles. The number of ether oxygens (including phenoxy) is 1. The van der Waals surface area contributed by atoms with Gasteiger partial charge in [0.25, 0.3) is 0 Å². The SMILES string of the molecule is CC(C)c1nc(COC(=O)Cc2cc3c(ccc4ccccc43)o2)cs1. The minimum atomic E-state index is -0.313. The maximum absolute atomic E-state index is 12.2. The summed E-state index contributed by atoms with van der Waals surface area (Å²) in [6, 6.07) is 14.0. The second-order valence-electron chi connectivity index (χ2n) is 6.58. The standard InChI is InChI=1S/C21H19NO3S/c1-13(2)21-22-15(12-26-21)11-24-20(23)10-16-9-18-17-6-4-3-5-14(17)7-8-19(18)25-16/h3-9,12-13H,10-11H2,1-2H3. The van der Waals surface area contributed by atoms with E-state index in [1.807, 2.05) is 35.7 Å². The normalized spacial score (nSPS) is 11.5. The Morgan fingerprint density at radius 3 is 2.85 bits per heavy atom. The Hall–Kier alpha value is -2.66. The van der Waals surface area contributed by atoms with E-state index in [2.05, 4.69) is 31.0 Å². The third kappa shape index (κ3) is 3.35. The van der Waals surface area contributed by atoms with Crippen LogP contribution in [0.2, 0.25) is 0 Å². The van der Waals surface area contributed by atoms with Crippen molar-refractivity contribution in [2.75, 3.05) is 0 Å². The van der Waals surface area contributed by atoms with Crippen molar-refractivity contribution in [3.63, 3.8) is 0 Å². The highest BCUT2D eigenvalue weighted by Gasteiger charge is 2.13. The van der Waals surface area contributed by atoms with Crippen molar-refractivity contribution in [2.24, 2.45) is 0 Å². The number of thiazole rings is 1. The van der Waals surface area contributed by atoms with Gasteiger partial charge in [0.15, 0.2) is 0 Å². The third-order valence-corrected chi connectivity index (χ3v) is 5.43. The third-order valence-electron chi connectivity index (χ3n) is 4.24. The Morgan fingerprint density at radius 1 is 1.19 bits per heavy atom. The predicted octanol–water partition coefficient (Wildman–Crippen LogP) is 5.45. The van der Waals surface area contributed by atoms with E-state index in [1.165, 1.54) is 0 Å². The van der Waals surface area contributed by atoms with Crippen LogP contribution in [0.4, 0.5) is 0 Å². The van der Waals surface area contributed by atoms with Gasteiger partial charge in [0.05, 0.1) is 10.7 Å². The molecule has 4 rings (SSSR count). The van der Waals surface area contributed by atoms with E-state index in [1.54, 1.807) is 11.3 Å². The number of rotatable bonds is 5. The number of aromatic nitrogens is 1. The van der Waals surface area contributed by atoms with Crippen molar-refractivity contribution in [3.05, 3.63) is 64.3 Å². The Morgan fingerprint density at radius 2 is 2.04 bits per heavy atom. The van der Waals surface area contributed by atoms with E-state index in [-0.39, 0.29) is 19.0 Å². The fourth-order valence-corrected chi connectivity index (χ4v) is 3.75. The van der Waals surface area contributed by atoms with E-state index in [9.17, 15) is 4.79 Å². The highest BCUT2D eigenvalue weighted by molar-refractivity contribution is 7.09. The van der Waals surface area contributed by atoms with Crippen LogP contribution in [-0.4, -0.2) is 11.0 Å². The number of carbonyl (C=O) groups excluding carboxylic acids is 1. The molecular formula is C21H19NO3S. The van der Waals surface area contributed by atoms with E-state index in [0.29, 0.717) is 11.7 Å². The van der Waals surface area contributed by atoms with Gasteiger partial charge in [-0.3, -0.25) is 4.79 Å². The summed E-state index contributed by atoms with van der Waals surface area (Å²) in [6.07, 6.45) is 0.115. The molecule has 0 radical (unpaired) electrons. The molecule has 0 saturated carbocycles. The zero-order valence-corrected chi connectivity index (χ0v) is 15.5. The van der Waals surface area contributed by atoms with Gasteiger partial charge in [0.1, 0.15) is 24.4 Å². The molecule has 4 aromatic rings. The lowest BCUT2D eigenvalue weighted by molar-refractivity contribution is -0.144. The molecule has 0 atom stereocenters. The van der Waals surface area contributed by atoms with Crippen LogP contribution in [0.1, 0.15) is 36.2 Å². The maximum Gasteiger partial charge on any atom is 0.313 e. The molecule has 0 saturated heterocycles. The van der Waals surface area contributed by atoms with Crippen molar-refractivity contribution in [1.82, 2.24) is 4.98 Å². The van der Waals surface area contributed by atoms with Gasteiger partial charge in [-0.15, -0.1) is 11.3 Å². The molecule has 0 bridgehead atoms. The number of fused-ring (bicyclic) bond motifs is 3. The van der Waals surface area contributed by atoms with Crippen molar-refractivity contribution < 1.29 is 13.9 Å². The summed E-state index contributed by atoms with van der Waals surface area (Å²) in [5.74, 6) is 0.685. The van der Waals surface area contributed by atoms with Gasteiger partial charge >= 0.3 is 5.97 Å². The molecule has 132 valence electrons. The van der Waals surface area contributed by atoms with Crippen LogP contribution in [0.15, 0.2) is 52.3 Å². The molecule has 5 heteroatoms. The summed E-state index contributed by atoms with van der Waals surface area (Å²) in [6.45, 7) is 4.39. The number of carbonyl (C=O) groups is 1. The number of hydrogen-bond acceptors (Lipinski definition) is 5. The molecular weight excluding hydrogens is 346 g/mol. The smallest absolute Gasteiger partial charge is 0.313 e. The summed E-state index contributed by atoms with van der Waals surface area (Å²) >= 11 is 1.60. The van der Waals surface area contributed by atoms with Crippen LogP contribution in [0, 0.1) is 0 Å².